The molecule has 1 aliphatic rings. The van der Waals surface area contributed by atoms with Gasteiger partial charge < -0.3 is 20.3 Å². The van der Waals surface area contributed by atoms with Crippen LogP contribution in [-0.2, 0) is 9.53 Å². The monoisotopic (exact) mass is 353 g/mol. The maximum Gasteiger partial charge on any atom is 0.255 e. The zero-order valence-electron chi connectivity index (χ0n) is 14.1. The zero-order valence-corrected chi connectivity index (χ0v) is 14.9. The second-order valence-corrected chi connectivity index (χ2v) is 6.06. The number of benzene rings is 1. The maximum atomic E-state index is 12.4. The lowest BCUT2D eigenvalue weighted by atomic mass is 10.1. The molecule has 2 N–H and O–H groups in total. The molecule has 0 spiro atoms. The lowest BCUT2D eigenvalue weighted by molar-refractivity contribution is -0.117. The molecule has 6 nitrogen and oxygen atoms in total. The number of halogens is 1. The summed E-state index contributed by atoms with van der Waals surface area (Å²) in [6, 6.07) is 4.99. The largest absolute Gasteiger partial charge is 0.378 e. The van der Waals surface area contributed by atoms with Crippen LogP contribution in [0.2, 0.25) is 5.02 Å². The molecule has 1 aliphatic heterocycles. The van der Waals surface area contributed by atoms with Crippen LogP contribution in [0.5, 0.6) is 0 Å². The summed E-state index contributed by atoms with van der Waals surface area (Å²) in [6.45, 7) is 7.06. The van der Waals surface area contributed by atoms with Crippen molar-refractivity contribution >= 4 is 29.1 Å². The van der Waals surface area contributed by atoms with Crippen molar-refractivity contribution in [1.29, 1.82) is 0 Å². The van der Waals surface area contributed by atoms with E-state index in [1.807, 2.05) is 13.8 Å². The summed E-state index contributed by atoms with van der Waals surface area (Å²) in [4.78, 5) is 26.1. The van der Waals surface area contributed by atoms with Crippen LogP contribution in [0.3, 0.4) is 0 Å². The molecular weight excluding hydrogens is 330 g/mol. The van der Waals surface area contributed by atoms with Gasteiger partial charge in [0, 0.05) is 37.8 Å². The molecule has 1 fully saturated rings. The van der Waals surface area contributed by atoms with Crippen LogP contribution < -0.4 is 10.6 Å². The summed E-state index contributed by atoms with van der Waals surface area (Å²) in [7, 11) is 0. The Balaban J connectivity index is 1.98. The molecule has 0 bridgehead atoms. The molecular formula is C17H24ClN3O3. The minimum atomic E-state index is -0.114. The van der Waals surface area contributed by atoms with E-state index in [2.05, 4.69) is 10.6 Å². The summed E-state index contributed by atoms with van der Waals surface area (Å²) >= 11 is 6.23. The van der Waals surface area contributed by atoms with Gasteiger partial charge >= 0.3 is 0 Å². The van der Waals surface area contributed by atoms with Gasteiger partial charge in [-0.3, -0.25) is 9.59 Å². The Hall–Kier alpha value is -1.63. The van der Waals surface area contributed by atoms with Crippen LogP contribution in [0.4, 0.5) is 5.69 Å². The van der Waals surface area contributed by atoms with Crippen molar-refractivity contribution in [2.24, 2.45) is 0 Å². The van der Waals surface area contributed by atoms with Crippen LogP contribution in [0.15, 0.2) is 18.2 Å². The first-order valence-electron chi connectivity index (χ1n) is 8.25. The van der Waals surface area contributed by atoms with E-state index in [4.69, 9.17) is 16.3 Å². The Labute approximate surface area is 147 Å². The number of anilines is 1. The Morgan fingerprint density at radius 1 is 1.38 bits per heavy atom. The average molecular weight is 354 g/mol. The minimum absolute atomic E-state index is 0.0257. The molecule has 1 aromatic rings. The quantitative estimate of drug-likeness (QED) is 0.822. The third kappa shape index (κ3) is 4.93. The number of amides is 2. The second-order valence-electron chi connectivity index (χ2n) is 5.65. The van der Waals surface area contributed by atoms with Gasteiger partial charge in [0.2, 0.25) is 5.91 Å². The summed E-state index contributed by atoms with van der Waals surface area (Å²) in [5, 5.41) is 6.38. The van der Waals surface area contributed by atoms with Crippen LogP contribution in [-0.4, -0.2) is 55.6 Å². The molecule has 1 heterocycles. The number of nitrogens with zero attached hydrogens (tertiary/aromatic N) is 1. The highest BCUT2D eigenvalue weighted by atomic mass is 35.5. The molecule has 2 rings (SSSR count). The van der Waals surface area contributed by atoms with Gasteiger partial charge in [0.05, 0.1) is 23.8 Å². The number of ether oxygens (including phenoxy) is 1. The number of carbonyl (C=O) groups excluding carboxylic acids is 2. The highest BCUT2D eigenvalue weighted by Gasteiger charge is 2.19. The molecule has 0 aromatic heterocycles. The van der Waals surface area contributed by atoms with Crippen LogP contribution >= 0.6 is 11.6 Å². The third-order valence-electron chi connectivity index (χ3n) is 3.96. The van der Waals surface area contributed by atoms with E-state index in [9.17, 15) is 9.59 Å². The van der Waals surface area contributed by atoms with Crippen molar-refractivity contribution in [2.75, 3.05) is 38.2 Å². The molecule has 1 unspecified atom stereocenters. The number of rotatable bonds is 6. The van der Waals surface area contributed by atoms with Crippen molar-refractivity contribution in [3.63, 3.8) is 0 Å². The molecule has 1 atom stereocenters. The zero-order chi connectivity index (χ0) is 17.5. The van der Waals surface area contributed by atoms with E-state index in [-0.39, 0.29) is 17.9 Å². The molecule has 0 radical (unpaired) electrons. The minimum Gasteiger partial charge on any atom is -0.378 e. The topological polar surface area (TPSA) is 70.7 Å². The average Bonchev–Trinajstić information content (AvgIpc) is 2.56. The molecule has 2 amide bonds. The van der Waals surface area contributed by atoms with Crippen molar-refractivity contribution in [1.82, 2.24) is 10.2 Å². The maximum absolute atomic E-state index is 12.4. The molecule has 1 aromatic carbocycles. The normalized spacial score (nSPS) is 17.4. The SMILES string of the molecule is CCN(CC)C(=O)c1ccc(NC(=O)CC2COCCN2)cc1Cl. The number of morpholine rings is 1. The Bertz CT molecular complexity index is 584. The number of hydrogen-bond acceptors (Lipinski definition) is 4. The van der Waals surface area contributed by atoms with Gasteiger partial charge in [0.25, 0.3) is 5.91 Å². The standard InChI is InChI=1S/C17H24ClN3O3/c1-3-21(4-2)17(23)14-6-5-12(9-15(14)18)20-16(22)10-13-11-24-8-7-19-13/h5-6,9,13,19H,3-4,7-8,10-11H2,1-2H3,(H,20,22). The Morgan fingerprint density at radius 2 is 2.12 bits per heavy atom. The number of hydrogen-bond donors (Lipinski definition) is 2. The number of nitrogens with one attached hydrogen (secondary N) is 2. The molecule has 0 saturated carbocycles. The lowest BCUT2D eigenvalue weighted by Crippen LogP contribution is -2.43. The fraction of sp³-hybridized carbons (Fsp3) is 0.529. The highest BCUT2D eigenvalue weighted by molar-refractivity contribution is 6.34. The van der Waals surface area contributed by atoms with E-state index in [0.29, 0.717) is 49.0 Å². The molecule has 7 heteroatoms. The van der Waals surface area contributed by atoms with E-state index in [1.54, 1.807) is 23.1 Å². The van der Waals surface area contributed by atoms with E-state index in [1.165, 1.54) is 0 Å². The van der Waals surface area contributed by atoms with Crippen molar-refractivity contribution < 1.29 is 14.3 Å². The van der Waals surface area contributed by atoms with Gasteiger partial charge in [0.15, 0.2) is 0 Å². The van der Waals surface area contributed by atoms with Crippen molar-refractivity contribution in [3.05, 3.63) is 28.8 Å². The predicted octanol–water partition coefficient (Wildman–Crippen LogP) is 2.14. The first-order chi connectivity index (χ1) is 11.5. The highest BCUT2D eigenvalue weighted by Crippen LogP contribution is 2.22. The van der Waals surface area contributed by atoms with Crippen molar-refractivity contribution in [2.45, 2.75) is 26.3 Å². The van der Waals surface area contributed by atoms with Crippen LogP contribution in [0.1, 0.15) is 30.6 Å². The molecule has 0 aliphatic carbocycles. The van der Waals surface area contributed by atoms with Gasteiger partial charge in [0.1, 0.15) is 0 Å². The summed E-state index contributed by atoms with van der Waals surface area (Å²) < 4.78 is 5.33. The van der Waals surface area contributed by atoms with Gasteiger partial charge in [-0.15, -0.1) is 0 Å². The molecule has 132 valence electrons. The lowest BCUT2D eigenvalue weighted by Gasteiger charge is -2.23. The van der Waals surface area contributed by atoms with E-state index < -0.39 is 0 Å². The van der Waals surface area contributed by atoms with E-state index >= 15 is 0 Å². The fourth-order valence-corrected chi connectivity index (χ4v) is 2.90. The van der Waals surface area contributed by atoms with Gasteiger partial charge in [-0.05, 0) is 32.0 Å². The fourth-order valence-electron chi connectivity index (χ4n) is 2.63. The van der Waals surface area contributed by atoms with Gasteiger partial charge in [-0.2, -0.15) is 0 Å². The second kappa shape index (κ2) is 9.01. The van der Waals surface area contributed by atoms with Crippen LogP contribution in [0.25, 0.3) is 0 Å². The Morgan fingerprint density at radius 3 is 2.71 bits per heavy atom. The third-order valence-corrected chi connectivity index (χ3v) is 4.28. The van der Waals surface area contributed by atoms with Gasteiger partial charge in [-0.25, -0.2) is 0 Å². The predicted molar refractivity (Wildman–Crippen MR) is 94.6 cm³/mol. The van der Waals surface area contributed by atoms with Crippen LogP contribution in [0, 0.1) is 0 Å². The number of carbonyl (C=O) groups is 2. The van der Waals surface area contributed by atoms with Crippen molar-refractivity contribution in [3.8, 4) is 0 Å². The smallest absolute Gasteiger partial charge is 0.255 e. The first kappa shape index (κ1) is 18.7. The molecule has 24 heavy (non-hydrogen) atoms. The summed E-state index contributed by atoms with van der Waals surface area (Å²) in [5.74, 6) is -0.219. The first-order valence-corrected chi connectivity index (χ1v) is 8.62. The summed E-state index contributed by atoms with van der Waals surface area (Å²) in [6.07, 6.45) is 0.331. The van der Waals surface area contributed by atoms with Gasteiger partial charge in [-0.1, -0.05) is 11.6 Å². The Kier molecular flexibility index (Phi) is 7.02. The molecule has 1 saturated heterocycles. The van der Waals surface area contributed by atoms with E-state index in [0.717, 1.165) is 6.54 Å². The summed E-state index contributed by atoms with van der Waals surface area (Å²) in [5.41, 5.74) is 1.03.